The van der Waals surface area contributed by atoms with E-state index >= 15 is 0 Å². The van der Waals surface area contributed by atoms with E-state index in [0.717, 1.165) is 43.0 Å². The second-order valence-electron chi connectivity index (χ2n) is 5.57. The highest BCUT2D eigenvalue weighted by molar-refractivity contribution is 5.81. The Bertz CT molecular complexity index is 606. The van der Waals surface area contributed by atoms with E-state index in [1.807, 2.05) is 18.2 Å². The summed E-state index contributed by atoms with van der Waals surface area (Å²) in [5.74, 6) is 0.941. The van der Waals surface area contributed by atoms with Gasteiger partial charge in [-0.05, 0) is 37.5 Å². The van der Waals surface area contributed by atoms with E-state index in [0.29, 0.717) is 6.54 Å². The molecule has 3 rings (SSSR count). The Hall–Kier alpha value is -1.65. The molecule has 2 heterocycles. The summed E-state index contributed by atoms with van der Waals surface area (Å²) in [6, 6.07) is 10.4. The highest BCUT2D eigenvalue weighted by Crippen LogP contribution is 2.27. The van der Waals surface area contributed by atoms with Crippen LogP contribution in [0.15, 0.2) is 30.3 Å². The van der Waals surface area contributed by atoms with Gasteiger partial charge in [0.1, 0.15) is 5.82 Å². The number of nitrogens with two attached hydrogens (primary N) is 1. The fraction of sp³-hybridized carbons (Fsp3) is 0.438. The van der Waals surface area contributed by atoms with Crippen LogP contribution in [0, 0.1) is 6.92 Å². The summed E-state index contributed by atoms with van der Waals surface area (Å²) >= 11 is 0. The molecule has 0 bridgehead atoms. The Balaban J connectivity index is 1.95. The first-order valence-corrected chi connectivity index (χ1v) is 7.15. The van der Waals surface area contributed by atoms with Crippen LogP contribution in [-0.2, 0) is 4.74 Å². The molecule has 0 radical (unpaired) electrons. The van der Waals surface area contributed by atoms with E-state index < -0.39 is 0 Å². The van der Waals surface area contributed by atoms with Gasteiger partial charge in [0.15, 0.2) is 0 Å². The Kier molecular flexibility index (Phi) is 3.59. The molecule has 0 amide bonds. The minimum atomic E-state index is -0.0849. The third-order valence-corrected chi connectivity index (χ3v) is 4.14. The molecule has 1 fully saturated rings. The summed E-state index contributed by atoms with van der Waals surface area (Å²) in [7, 11) is 0. The summed E-state index contributed by atoms with van der Waals surface area (Å²) in [6.45, 7) is 4.21. The minimum Gasteiger partial charge on any atom is -0.381 e. The van der Waals surface area contributed by atoms with Crippen LogP contribution in [0.5, 0.6) is 0 Å². The van der Waals surface area contributed by atoms with Gasteiger partial charge in [0.2, 0.25) is 0 Å². The van der Waals surface area contributed by atoms with Crippen LogP contribution in [0.2, 0.25) is 0 Å². The molecule has 1 saturated heterocycles. The van der Waals surface area contributed by atoms with Crippen LogP contribution < -0.4 is 11.1 Å². The Morgan fingerprint density at radius 3 is 2.80 bits per heavy atom. The van der Waals surface area contributed by atoms with E-state index in [1.165, 1.54) is 5.39 Å². The molecule has 0 unspecified atom stereocenters. The number of benzene rings is 1. The van der Waals surface area contributed by atoms with E-state index in [1.54, 1.807) is 0 Å². The van der Waals surface area contributed by atoms with Gasteiger partial charge < -0.3 is 15.8 Å². The molecule has 1 aliphatic rings. The highest BCUT2D eigenvalue weighted by Gasteiger charge is 2.31. The van der Waals surface area contributed by atoms with Crippen molar-refractivity contribution in [3.8, 4) is 0 Å². The second kappa shape index (κ2) is 5.38. The number of aromatic nitrogens is 1. The fourth-order valence-corrected chi connectivity index (χ4v) is 2.74. The Morgan fingerprint density at radius 1 is 1.30 bits per heavy atom. The molecular formula is C16H21N3O. The molecule has 4 heteroatoms. The SMILES string of the molecule is Cc1cc2ccccc2nc1NC1(CN)CCOCC1. The van der Waals surface area contributed by atoms with Gasteiger partial charge in [-0.15, -0.1) is 0 Å². The Morgan fingerprint density at radius 2 is 2.05 bits per heavy atom. The predicted molar refractivity (Wildman–Crippen MR) is 81.9 cm³/mol. The normalized spacial score (nSPS) is 18.1. The molecule has 106 valence electrons. The topological polar surface area (TPSA) is 60.2 Å². The first kappa shape index (κ1) is 13.3. The van der Waals surface area contributed by atoms with E-state index in [-0.39, 0.29) is 5.54 Å². The predicted octanol–water partition coefficient (Wildman–Crippen LogP) is 2.46. The number of rotatable bonds is 3. The van der Waals surface area contributed by atoms with Gasteiger partial charge in [-0.2, -0.15) is 0 Å². The number of ether oxygens (including phenoxy) is 1. The van der Waals surface area contributed by atoms with Gasteiger partial charge >= 0.3 is 0 Å². The second-order valence-corrected chi connectivity index (χ2v) is 5.57. The van der Waals surface area contributed by atoms with E-state index in [4.69, 9.17) is 15.5 Å². The summed E-state index contributed by atoms with van der Waals surface area (Å²) < 4.78 is 5.45. The number of fused-ring (bicyclic) bond motifs is 1. The van der Waals surface area contributed by atoms with Gasteiger partial charge in [-0.3, -0.25) is 0 Å². The van der Waals surface area contributed by atoms with Gasteiger partial charge in [-0.25, -0.2) is 4.98 Å². The van der Waals surface area contributed by atoms with Crippen molar-refractivity contribution in [1.29, 1.82) is 0 Å². The first-order chi connectivity index (χ1) is 9.72. The highest BCUT2D eigenvalue weighted by atomic mass is 16.5. The van der Waals surface area contributed by atoms with Crippen molar-refractivity contribution < 1.29 is 4.74 Å². The maximum absolute atomic E-state index is 6.00. The third-order valence-electron chi connectivity index (χ3n) is 4.14. The molecule has 0 saturated carbocycles. The molecular weight excluding hydrogens is 250 g/mol. The van der Waals surface area contributed by atoms with Crippen molar-refractivity contribution in [3.63, 3.8) is 0 Å². The van der Waals surface area contributed by atoms with Crippen LogP contribution >= 0.6 is 0 Å². The van der Waals surface area contributed by atoms with Gasteiger partial charge in [0.25, 0.3) is 0 Å². The van der Waals surface area contributed by atoms with Crippen molar-refractivity contribution in [2.75, 3.05) is 25.1 Å². The first-order valence-electron chi connectivity index (χ1n) is 7.15. The number of anilines is 1. The van der Waals surface area contributed by atoms with Crippen molar-refractivity contribution in [2.45, 2.75) is 25.3 Å². The molecule has 2 aromatic rings. The number of hydrogen-bond acceptors (Lipinski definition) is 4. The number of nitrogens with one attached hydrogen (secondary N) is 1. The number of para-hydroxylation sites is 1. The largest absolute Gasteiger partial charge is 0.381 e. The van der Waals surface area contributed by atoms with E-state index in [2.05, 4.69) is 24.4 Å². The third kappa shape index (κ3) is 2.49. The van der Waals surface area contributed by atoms with Crippen LogP contribution in [-0.4, -0.2) is 30.3 Å². The number of pyridine rings is 1. The van der Waals surface area contributed by atoms with Crippen LogP contribution in [0.1, 0.15) is 18.4 Å². The summed E-state index contributed by atoms with van der Waals surface area (Å²) in [5.41, 5.74) is 8.09. The lowest BCUT2D eigenvalue weighted by Gasteiger charge is -2.37. The lowest BCUT2D eigenvalue weighted by Crippen LogP contribution is -2.50. The number of nitrogens with zero attached hydrogens (tertiary/aromatic N) is 1. The molecule has 1 aromatic carbocycles. The molecule has 1 aliphatic heterocycles. The van der Waals surface area contributed by atoms with Gasteiger partial charge in [0.05, 0.1) is 11.1 Å². The molecule has 3 N–H and O–H groups in total. The lowest BCUT2D eigenvalue weighted by atomic mass is 9.90. The summed E-state index contributed by atoms with van der Waals surface area (Å²) in [4.78, 5) is 4.75. The van der Waals surface area contributed by atoms with Crippen LogP contribution in [0.4, 0.5) is 5.82 Å². The average Bonchev–Trinajstić information content (AvgIpc) is 2.49. The number of hydrogen-bond donors (Lipinski definition) is 2. The quantitative estimate of drug-likeness (QED) is 0.900. The minimum absolute atomic E-state index is 0.0849. The molecule has 20 heavy (non-hydrogen) atoms. The molecule has 4 nitrogen and oxygen atoms in total. The molecule has 0 aliphatic carbocycles. The van der Waals surface area contributed by atoms with Gasteiger partial charge in [-0.1, -0.05) is 18.2 Å². The van der Waals surface area contributed by atoms with Crippen molar-refractivity contribution >= 4 is 16.7 Å². The monoisotopic (exact) mass is 271 g/mol. The molecule has 1 aromatic heterocycles. The Labute approximate surface area is 119 Å². The van der Waals surface area contributed by atoms with Crippen molar-refractivity contribution in [1.82, 2.24) is 4.98 Å². The smallest absolute Gasteiger partial charge is 0.130 e. The number of aryl methyl sites for hydroxylation is 1. The molecule has 0 spiro atoms. The maximum atomic E-state index is 6.00. The van der Waals surface area contributed by atoms with Crippen LogP contribution in [0.3, 0.4) is 0 Å². The lowest BCUT2D eigenvalue weighted by molar-refractivity contribution is 0.0627. The molecule has 0 atom stereocenters. The van der Waals surface area contributed by atoms with Crippen LogP contribution in [0.25, 0.3) is 10.9 Å². The van der Waals surface area contributed by atoms with Gasteiger partial charge in [0, 0.05) is 25.1 Å². The zero-order valence-corrected chi connectivity index (χ0v) is 11.9. The standard InChI is InChI=1S/C16H21N3O/c1-12-10-13-4-2-3-5-14(13)18-15(12)19-16(11-17)6-8-20-9-7-16/h2-5,10H,6-9,11,17H2,1H3,(H,18,19). The van der Waals surface area contributed by atoms with Crippen molar-refractivity contribution in [2.24, 2.45) is 5.73 Å². The maximum Gasteiger partial charge on any atom is 0.130 e. The van der Waals surface area contributed by atoms with Crippen molar-refractivity contribution in [3.05, 3.63) is 35.9 Å². The summed E-state index contributed by atoms with van der Waals surface area (Å²) in [5, 5.41) is 4.76. The van der Waals surface area contributed by atoms with E-state index in [9.17, 15) is 0 Å². The average molecular weight is 271 g/mol. The zero-order valence-electron chi connectivity index (χ0n) is 11.9. The zero-order chi connectivity index (χ0) is 14.0. The fourth-order valence-electron chi connectivity index (χ4n) is 2.74. The summed E-state index contributed by atoms with van der Waals surface area (Å²) in [6.07, 6.45) is 1.86.